The minimum atomic E-state index is -3.29. The van der Waals surface area contributed by atoms with Crippen LogP contribution in [0.5, 0.6) is 0 Å². The van der Waals surface area contributed by atoms with Crippen LogP contribution >= 0.6 is 11.6 Å². The van der Waals surface area contributed by atoms with Crippen LogP contribution in [-0.2, 0) is 14.8 Å². The normalized spacial score (nSPS) is 13.1. The Labute approximate surface area is 119 Å². The number of benzene rings is 1. The van der Waals surface area contributed by atoms with Gasteiger partial charge in [0.05, 0.1) is 29.3 Å². The van der Waals surface area contributed by atoms with E-state index in [0.29, 0.717) is 29.6 Å². The Balaban J connectivity index is 2.79. The molecule has 0 bridgehead atoms. The fraction of sp³-hybridized carbons (Fsp3) is 0.500. The molecule has 1 unspecified atom stereocenters. The van der Waals surface area contributed by atoms with Crippen molar-refractivity contribution >= 4 is 33.0 Å². The molecule has 1 rings (SSSR count). The zero-order valence-corrected chi connectivity index (χ0v) is 12.8. The molecule has 0 saturated heterocycles. The van der Waals surface area contributed by atoms with Crippen molar-refractivity contribution in [1.82, 2.24) is 0 Å². The van der Waals surface area contributed by atoms with E-state index < -0.39 is 10.0 Å². The third-order valence-corrected chi connectivity index (χ3v) is 3.18. The van der Waals surface area contributed by atoms with Crippen molar-refractivity contribution in [2.24, 2.45) is 0 Å². The van der Waals surface area contributed by atoms with E-state index in [2.05, 4.69) is 10.0 Å². The van der Waals surface area contributed by atoms with E-state index in [9.17, 15) is 8.42 Å². The summed E-state index contributed by atoms with van der Waals surface area (Å²) in [4.78, 5) is 0. The first-order valence-corrected chi connectivity index (χ1v) is 8.20. The number of hydrogen-bond acceptors (Lipinski definition) is 4. The third kappa shape index (κ3) is 6.13. The van der Waals surface area contributed by atoms with Crippen molar-refractivity contribution < 1.29 is 13.2 Å². The Morgan fingerprint density at radius 1 is 1.42 bits per heavy atom. The number of nitrogens with one attached hydrogen (secondary N) is 2. The molecule has 0 fully saturated rings. The van der Waals surface area contributed by atoms with Gasteiger partial charge in [-0.05, 0) is 32.0 Å². The maximum absolute atomic E-state index is 11.2. The van der Waals surface area contributed by atoms with Gasteiger partial charge in [0.1, 0.15) is 0 Å². The van der Waals surface area contributed by atoms with Gasteiger partial charge in [0.25, 0.3) is 0 Å². The maximum atomic E-state index is 11.2. The SMILES string of the molecule is CCOCC(C)Nc1cc(NS(C)(=O)=O)ccc1Cl. The minimum Gasteiger partial charge on any atom is -0.380 e. The molecule has 1 aromatic carbocycles. The molecule has 0 amide bonds. The smallest absolute Gasteiger partial charge is 0.229 e. The Bertz CT molecular complexity index is 520. The van der Waals surface area contributed by atoms with Crippen LogP contribution in [0.1, 0.15) is 13.8 Å². The summed E-state index contributed by atoms with van der Waals surface area (Å²) in [7, 11) is -3.29. The molecule has 7 heteroatoms. The lowest BCUT2D eigenvalue weighted by molar-refractivity contribution is 0.141. The molecule has 2 N–H and O–H groups in total. The summed E-state index contributed by atoms with van der Waals surface area (Å²) in [6.07, 6.45) is 1.10. The Morgan fingerprint density at radius 2 is 2.11 bits per heavy atom. The standard InChI is InChI=1S/C12H19ClN2O3S/c1-4-18-8-9(2)14-12-7-10(5-6-11(12)13)15-19(3,16)17/h5-7,9,14-15H,4,8H2,1-3H3. The summed E-state index contributed by atoms with van der Waals surface area (Å²) in [5.41, 5.74) is 1.14. The molecule has 0 aromatic heterocycles. The van der Waals surface area contributed by atoms with Gasteiger partial charge in [0.15, 0.2) is 0 Å². The maximum Gasteiger partial charge on any atom is 0.229 e. The van der Waals surface area contributed by atoms with Crippen LogP contribution in [-0.4, -0.2) is 33.9 Å². The number of halogens is 1. The highest BCUT2D eigenvalue weighted by atomic mass is 35.5. The van der Waals surface area contributed by atoms with Gasteiger partial charge in [0.2, 0.25) is 10.0 Å². The zero-order valence-electron chi connectivity index (χ0n) is 11.2. The summed E-state index contributed by atoms with van der Waals surface area (Å²) >= 11 is 6.07. The number of hydrogen-bond donors (Lipinski definition) is 2. The first kappa shape index (κ1) is 16.1. The van der Waals surface area contributed by atoms with Crippen LogP contribution in [0.25, 0.3) is 0 Å². The van der Waals surface area contributed by atoms with E-state index in [4.69, 9.17) is 16.3 Å². The molecular formula is C12H19ClN2O3S. The zero-order chi connectivity index (χ0) is 14.5. The van der Waals surface area contributed by atoms with Gasteiger partial charge in [-0.25, -0.2) is 8.42 Å². The van der Waals surface area contributed by atoms with Crippen molar-refractivity contribution in [3.05, 3.63) is 23.2 Å². The van der Waals surface area contributed by atoms with E-state index in [-0.39, 0.29) is 6.04 Å². The molecule has 108 valence electrons. The molecule has 0 heterocycles. The third-order valence-electron chi connectivity index (χ3n) is 2.24. The van der Waals surface area contributed by atoms with Gasteiger partial charge in [-0.3, -0.25) is 4.72 Å². The van der Waals surface area contributed by atoms with E-state index in [1.165, 1.54) is 0 Å². The van der Waals surface area contributed by atoms with Gasteiger partial charge < -0.3 is 10.1 Å². The second-order valence-corrected chi connectivity index (χ2v) is 6.43. The molecule has 0 aliphatic rings. The molecule has 1 atom stereocenters. The second-order valence-electron chi connectivity index (χ2n) is 4.27. The first-order chi connectivity index (χ1) is 8.81. The van der Waals surface area contributed by atoms with Crippen molar-refractivity contribution in [3.63, 3.8) is 0 Å². The summed E-state index contributed by atoms with van der Waals surface area (Å²) in [5.74, 6) is 0. The second kappa shape index (κ2) is 6.98. The van der Waals surface area contributed by atoms with Gasteiger partial charge in [0, 0.05) is 12.6 Å². The topological polar surface area (TPSA) is 67.4 Å². The van der Waals surface area contributed by atoms with Crippen molar-refractivity contribution in [2.75, 3.05) is 29.5 Å². The lowest BCUT2D eigenvalue weighted by Gasteiger charge is -2.17. The Morgan fingerprint density at radius 3 is 2.68 bits per heavy atom. The van der Waals surface area contributed by atoms with E-state index >= 15 is 0 Å². The Kier molecular flexibility index (Phi) is 5.90. The van der Waals surface area contributed by atoms with E-state index in [0.717, 1.165) is 6.26 Å². The number of rotatable bonds is 7. The van der Waals surface area contributed by atoms with Crippen LogP contribution in [0, 0.1) is 0 Å². The molecule has 19 heavy (non-hydrogen) atoms. The number of ether oxygens (including phenoxy) is 1. The van der Waals surface area contributed by atoms with Crippen LogP contribution in [0.3, 0.4) is 0 Å². The van der Waals surface area contributed by atoms with Crippen molar-refractivity contribution in [3.8, 4) is 0 Å². The molecule has 0 spiro atoms. The quantitative estimate of drug-likeness (QED) is 0.812. The fourth-order valence-corrected chi connectivity index (χ4v) is 2.24. The lowest BCUT2D eigenvalue weighted by atomic mass is 10.2. The van der Waals surface area contributed by atoms with Gasteiger partial charge in [-0.15, -0.1) is 0 Å². The van der Waals surface area contributed by atoms with Crippen LogP contribution in [0.15, 0.2) is 18.2 Å². The summed E-state index contributed by atoms with van der Waals surface area (Å²) in [5, 5.41) is 3.71. The summed E-state index contributed by atoms with van der Waals surface area (Å²) in [6.45, 7) is 5.09. The molecule has 0 saturated carbocycles. The highest BCUT2D eigenvalue weighted by Gasteiger charge is 2.08. The lowest BCUT2D eigenvalue weighted by Crippen LogP contribution is -2.22. The number of sulfonamides is 1. The molecular weight excluding hydrogens is 288 g/mol. The van der Waals surface area contributed by atoms with Crippen LogP contribution < -0.4 is 10.0 Å². The average Bonchev–Trinajstić information content (AvgIpc) is 2.29. The van der Waals surface area contributed by atoms with Crippen molar-refractivity contribution in [2.45, 2.75) is 19.9 Å². The molecule has 1 aromatic rings. The summed E-state index contributed by atoms with van der Waals surface area (Å²) in [6, 6.07) is 4.99. The number of anilines is 2. The van der Waals surface area contributed by atoms with Crippen LogP contribution in [0.2, 0.25) is 5.02 Å². The monoisotopic (exact) mass is 306 g/mol. The highest BCUT2D eigenvalue weighted by Crippen LogP contribution is 2.26. The molecule has 0 aliphatic carbocycles. The average molecular weight is 307 g/mol. The van der Waals surface area contributed by atoms with Gasteiger partial charge in [-0.1, -0.05) is 11.6 Å². The summed E-state index contributed by atoms with van der Waals surface area (Å²) < 4.78 is 30.1. The van der Waals surface area contributed by atoms with Gasteiger partial charge in [-0.2, -0.15) is 0 Å². The van der Waals surface area contributed by atoms with E-state index in [1.807, 2.05) is 13.8 Å². The van der Waals surface area contributed by atoms with Gasteiger partial charge >= 0.3 is 0 Å². The van der Waals surface area contributed by atoms with Crippen molar-refractivity contribution in [1.29, 1.82) is 0 Å². The fourth-order valence-electron chi connectivity index (χ4n) is 1.52. The minimum absolute atomic E-state index is 0.0749. The predicted molar refractivity (Wildman–Crippen MR) is 79.5 cm³/mol. The molecule has 5 nitrogen and oxygen atoms in total. The first-order valence-electron chi connectivity index (χ1n) is 5.93. The molecule has 0 radical (unpaired) electrons. The van der Waals surface area contributed by atoms with Crippen LogP contribution in [0.4, 0.5) is 11.4 Å². The highest BCUT2D eigenvalue weighted by molar-refractivity contribution is 7.92. The van der Waals surface area contributed by atoms with E-state index in [1.54, 1.807) is 18.2 Å². The molecule has 0 aliphatic heterocycles. The Hall–Kier alpha value is -0.980. The predicted octanol–water partition coefficient (Wildman–Crippen LogP) is 2.55. The largest absolute Gasteiger partial charge is 0.380 e.